The molecule has 1 fully saturated rings. The summed E-state index contributed by atoms with van der Waals surface area (Å²) in [7, 11) is -3.55. The fourth-order valence-electron chi connectivity index (χ4n) is 2.47. The Morgan fingerprint density at radius 2 is 2.16 bits per heavy atom. The van der Waals surface area contributed by atoms with Gasteiger partial charge in [0.15, 0.2) is 0 Å². The third-order valence-corrected chi connectivity index (χ3v) is 5.95. The van der Waals surface area contributed by atoms with E-state index >= 15 is 0 Å². The van der Waals surface area contributed by atoms with Crippen LogP contribution in [0, 0.1) is 6.92 Å². The lowest BCUT2D eigenvalue weighted by Gasteiger charge is -2.34. The summed E-state index contributed by atoms with van der Waals surface area (Å²) in [6, 6.07) is 4.90. The number of hydrogen-bond donors (Lipinski definition) is 1. The first-order chi connectivity index (χ1) is 8.96. The van der Waals surface area contributed by atoms with E-state index in [1.54, 1.807) is 18.2 Å². The summed E-state index contributed by atoms with van der Waals surface area (Å²) in [5.74, 6) is 0. The van der Waals surface area contributed by atoms with Gasteiger partial charge in [-0.3, -0.25) is 0 Å². The van der Waals surface area contributed by atoms with Crippen molar-refractivity contribution in [3.63, 3.8) is 0 Å². The lowest BCUT2D eigenvalue weighted by molar-refractivity contribution is 0.257. The SMILES string of the molecule is Cc1ccc(S(=O)(=O)N2CCCC[C@@H]2CN)c(Cl)c1. The van der Waals surface area contributed by atoms with E-state index in [4.69, 9.17) is 17.3 Å². The highest BCUT2D eigenvalue weighted by molar-refractivity contribution is 7.89. The molecule has 1 saturated heterocycles. The minimum absolute atomic E-state index is 0.115. The van der Waals surface area contributed by atoms with Crippen molar-refractivity contribution in [3.8, 4) is 0 Å². The Morgan fingerprint density at radius 1 is 1.42 bits per heavy atom. The van der Waals surface area contributed by atoms with Crippen LogP contribution in [0.25, 0.3) is 0 Å². The molecule has 0 unspecified atom stereocenters. The highest BCUT2D eigenvalue weighted by Gasteiger charge is 2.33. The lowest BCUT2D eigenvalue weighted by Crippen LogP contribution is -2.47. The van der Waals surface area contributed by atoms with Crippen molar-refractivity contribution < 1.29 is 8.42 Å². The third-order valence-electron chi connectivity index (χ3n) is 3.52. The molecular weight excluding hydrogens is 284 g/mol. The summed E-state index contributed by atoms with van der Waals surface area (Å²) < 4.78 is 26.9. The summed E-state index contributed by atoms with van der Waals surface area (Å²) >= 11 is 6.09. The van der Waals surface area contributed by atoms with E-state index in [9.17, 15) is 8.42 Å². The Hall–Kier alpha value is -0.620. The van der Waals surface area contributed by atoms with E-state index in [0.717, 1.165) is 24.8 Å². The second kappa shape index (κ2) is 5.79. The van der Waals surface area contributed by atoms with E-state index in [2.05, 4.69) is 0 Å². The van der Waals surface area contributed by atoms with Crippen molar-refractivity contribution in [3.05, 3.63) is 28.8 Å². The van der Waals surface area contributed by atoms with Crippen molar-refractivity contribution in [1.29, 1.82) is 0 Å². The van der Waals surface area contributed by atoms with Gasteiger partial charge in [-0.2, -0.15) is 4.31 Å². The van der Waals surface area contributed by atoms with Crippen molar-refractivity contribution in [2.45, 2.75) is 37.1 Å². The van der Waals surface area contributed by atoms with Crippen LogP contribution < -0.4 is 5.73 Å². The molecule has 0 radical (unpaired) electrons. The minimum Gasteiger partial charge on any atom is -0.329 e. The average molecular weight is 303 g/mol. The zero-order valence-corrected chi connectivity index (χ0v) is 12.5. The highest BCUT2D eigenvalue weighted by Crippen LogP contribution is 2.29. The number of nitrogens with zero attached hydrogens (tertiary/aromatic N) is 1. The summed E-state index contributed by atoms with van der Waals surface area (Å²) in [6.07, 6.45) is 2.72. The third kappa shape index (κ3) is 2.94. The molecular formula is C13H19ClN2O2S. The molecule has 6 heteroatoms. The molecule has 4 nitrogen and oxygen atoms in total. The van der Waals surface area contributed by atoms with Crippen LogP contribution in [-0.2, 0) is 10.0 Å². The fourth-order valence-corrected chi connectivity index (χ4v) is 4.75. The monoisotopic (exact) mass is 302 g/mol. The van der Waals surface area contributed by atoms with E-state index in [1.165, 1.54) is 4.31 Å². The molecule has 0 aliphatic carbocycles. The standard InChI is InChI=1S/C13H19ClN2O2S/c1-10-5-6-13(12(14)8-10)19(17,18)16-7-3-2-4-11(16)9-15/h5-6,8,11H,2-4,7,9,15H2,1H3/t11-/m1/s1. The molecule has 19 heavy (non-hydrogen) atoms. The summed E-state index contributed by atoms with van der Waals surface area (Å²) in [4.78, 5) is 0.181. The van der Waals surface area contributed by atoms with Crippen molar-refractivity contribution in [2.75, 3.05) is 13.1 Å². The molecule has 0 saturated carbocycles. The van der Waals surface area contributed by atoms with Gasteiger partial charge in [0.1, 0.15) is 4.90 Å². The minimum atomic E-state index is -3.55. The Labute approximate surface area is 119 Å². The Balaban J connectivity index is 2.40. The molecule has 0 spiro atoms. The van der Waals surface area contributed by atoms with Gasteiger partial charge in [0.05, 0.1) is 5.02 Å². The number of halogens is 1. The Morgan fingerprint density at radius 3 is 2.79 bits per heavy atom. The molecule has 1 heterocycles. The molecule has 1 aromatic carbocycles. The van der Waals surface area contributed by atoms with E-state index < -0.39 is 10.0 Å². The Bertz CT molecular complexity index is 560. The van der Waals surface area contributed by atoms with Crippen molar-refractivity contribution in [1.82, 2.24) is 4.31 Å². The van der Waals surface area contributed by atoms with Gasteiger partial charge in [-0.1, -0.05) is 24.1 Å². The molecule has 0 amide bonds. The van der Waals surface area contributed by atoms with Gasteiger partial charge < -0.3 is 5.73 Å². The molecule has 2 rings (SSSR count). The predicted octanol–water partition coefficient (Wildman–Crippen LogP) is 2.15. The molecule has 0 bridgehead atoms. The quantitative estimate of drug-likeness (QED) is 0.930. The molecule has 1 aromatic rings. The van der Waals surface area contributed by atoms with Crippen LogP contribution in [0.5, 0.6) is 0 Å². The van der Waals surface area contributed by atoms with Crippen LogP contribution in [0.2, 0.25) is 5.02 Å². The zero-order valence-electron chi connectivity index (χ0n) is 11.0. The number of hydrogen-bond acceptors (Lipinski definition) is 3. The second-order valence-corrected chi connectivity index (χ2v) is 7.20. The maximum absolute atomic E-state index is 12.7. The highest BCUT2D eigenvalue weighted by atomic mass is 35.5. The predicted molar refractivity (Wildman–Crippen MR) is 76.8 cm³/mol. The van der Waals surface area contributed by atoms with Gasteiger partial charge in [-0.25, -0.2) is 8.42 Å². The smallest absolute Gasteiger partial charge is 0.244 e. The maximum Gasteiger partial charge on any atom is 0.244 e. The molecule has 0 aromatic heterocycles. The van der Waals surface area contributed by atoms with Crippen LogP contribution in [0.4, 0.5) is 0 Å². The van der Waals surface area contributed by atoms with Gasteiger partial charge in [0.25, 0.3) is 0 Å². The van der Waals surface area contributed by atoms with Crippen LogP contribution in [0.3, 0.4) is 0 Å². The lowest BCUT2D eigenvalue weighted by atomic mass is 10.1. The number of benzene rings is 1. The topological polar surface area (TPSA) is 63.4 Å². The van der Waals surface area contributed by atoms with Crippen molar-refractivity contribution in [2.24, 2.45) is 5.73 Å². The first-order valence-corrected chi connectivity index (χ1v) is 8.26. The van der Waals surface area contributed by atoms with Crippen LogP contribution in [0.15, 0.2) is 23.1 Å². The van der Waals surface area contributed by atoms with Gasteiger partial charge in [-0.05, 0) is 37.5 Å². The number of piperidine rings is 1. The Kier molecular flexibility index (Phi) is 4.50. The summed E-state index contributed by atoms with van der Waals surface area (Å²) in [6.45, 7) is 2.75. The van der Waals surface area contributed by atoms with Crippen LogP contribution >= 0.6 is 11.6 Å². The van der Waals surface area contributed by atoms with E-state index in [-0.39, 0.29) is 16.0 Å². The van der Waals surface area contributed by atoms with Gasteiger partial charge in [0.2, 0.25) is 10.0 Å². The zero-order chi connectivity index (χ0) is 14.0. The van der Waals surface area contributed by atoms with Crippen molar-refractivity contribution >= 4 is 21.6 Å². The molecule has 1 aliphatic rings. The molecule has 1 atom stereocenters. The maximum atomic E-state index is 12.7. The van der Waals surface area contributed by atoms with E-state index in [1.807, 2.05) is 6.92 Å². The van der Waals surface area contributed by atoms with Gasteiger partial charge >= 0.3 is 0 Å². The van der Waals surface area contributed by atoms with E-state index in [0.29, 0.717) is 13.1 Å². The van der Waals surface area contributed by atoms with Gasteiger partial charge in [0, 0.05) is 19.1 Å². The molecule has 1 aliphatic heterocycles. The number of aryl methyl sites for hydroxylation is 1. The number of rotatable bonds is 3. The molecule has 2 N–H and O–H groups in total. The average Bonchev–Trinajstić information content (AvgIpc) is 2.38. The second-order valence-electron chi connectivity index (χ2n) is 4.93. The first-order valence-electron chi connectivity index (χ1n) is 6.45. The number of nitrogens with two attached hydrogens (primary N) is 1. The first kappa shape index (κ1) is 14.8. The van der Waals surface area contributed by atoms with Crippen LogP contribution in [-0.4, -0.2) is 31.9 Å². The molecule has 106 valence electrons. The summed E-state index contributed by atoms with van der Waals surface area (Å²) in [5, 5.41) is 0.279. The number of sulfonamides is 1. The largest absolute Gasteiger partial charge is 0.329 e. The fraction of sp³-hybridized carbons (Fsp3) is 0.538. The van der Waals surface area contributed by atoms with Gasteiger partial charge in [-0.15, -0.1) is 0 Å². The summed E-state index contributed by atoms with van der Waals surface area (Å²) in [5.41, 5.74) is 6.63. The van der Waals surface area contributed by atoms with Crippen LogP contribution in [0.1, 0.15) is 24.8 Å². The normalized spacial score (nSPS) is 21.5.